The fourth-order valence-corrected chi connectivity index (χ4v) is 14.3. The smallest absolute Gasteiger partial charge is 0.252 e. The van der Waals surface area contributed by atoms with Crippen molar-refractivity contribution in [2.75, 3.05) is 4.90 Å². The van der Waals surface area contributed by atoms with Crippen molar-refractivity contribution >= 4 is 106 Å². The normalized spacial score (nSPS) is 12.5. The molecule has 13 aromatic carbocycles. The van der Waals surface area contributed by atoms with E-state index in [-0.39, 0.29) is 6.71 Å². The highest BCUT2D eigenvalue weighted by molar-refractivity contribution is 7.00. The molecular formula is C78H48BN3O. The third-order valence-electron chi connectivity index (χ3n) is 17.9. The number of anilines is 3. The van der Waals surface area contributed by atoms with Crippen molar-refractivity contribution in [2.45, 2.75) is 0 Å². The molecule has 5 heterocycles. The minimum Gasteiger partial charge on any atom is -0.456 e. The zero-order valence-corrected chi connectivity index (χ0v) is 45.0. The van der Waals surface area contributed by atoms with Crippen molar-refractivity contribution in [3.8, 4) is 67.0 Å². The Hall–Kier alpha value is -10.9. The summed E-state index contributed by atoms with van der Waals surface area (Å²) in [5.74, 6) is 0. The number of hydrogen-bond donors (Lipinski definition) is 0. The van der Waals surface area contributed by atoms with Crippen molar-refractivity contribution < 1.29 is 4.42 Å². The molecule has 83 heavy (non-hydrogen) atoms. The molecule has 0 saturated heterocycles. The fourth-order valence-electron chi connectivity index (χ4n) is 14.3. The van der Waals surface area contributed by atoms with E-state index >= 15 is 0 Å². The SMILES string of the molecule is c1ccc(-c2cccc(-c3ccccc3N3c4cc5c6ccc(-c7ccccc7-c7ccccc7)cc6n(-c6ccccc6)c5cc4B4c5c3cc(-c3ccccc3)cc5-n3c5cc6oc7ccccc7c6cc5c5cccc4c53)c2)cc1. The minimum atomic E-state index is -0.131. The topological polar surface area (TPSA) is 26.2 Å². The summed E-state index contributed by atoms with van der Waals surface area (Å²) in [6.45, 7) is -0.131. The number of rotatable bonds is 7. The summed E-state index contributed by atoms with van der Waals surface area (Å²) < 4.78 is 11.8. The number of benzene rings is 13. The highest BCUT2D eigenvalue weighted by Crippen LogP contribution is 2.49. The first kappa shape index (κ1) is 45.9. The summed E-state index contributed by atoms with van der Waals surface area (Å²) in [6.07, 6.45) is 0. The average Bonchev–Trinajstić information content (AvgIpc) is 2.12. The first-order valence-corrected chi connectivity index (χ1v) is 28.7. The molecule has 0 saturated carbocycles. The molecule has 2 aliphatic rings. The van der Waals surface area contributed by atoms with Gasteiger partial charge in [0.25, 0.3) is 6.71 Å². The summed E-state index contributed by atoms with van der Waals surface area (Å²) in [5, 5.41) is 7.09. The van der Waals surface area contributed by atoms with Gasteiger partial charge < -0.3 is 18.5 Å². The largest absolute Gasteiger partial charge is 0.456 e. The maximum absolute atomic E-state index is 6.72. The van der Waals surface area contributed by atoms with Gasteiger partial charge in [0.2, 0.25) is 0 Å². The van der Waals surface area contributed by atoms with Crippen molar-refractivity contribution in [1.82, 2.24) is 9.13 Å². The Morgan fingerprint density at radius 1 is 0.265 bits per heavy atom. The number of para-hydroxylation sites is 4. The van der Waals surface area contributed by atoms with E-state index in [0.717, 1.165) is 78.0 Å². The molecule has 2 aliphatic heterocycles. The second-order valence-electron chi connectivity index (χ2n) is 22.3. The molecule has 18 rings (SSSR count). The van der Waals surface area contributed by atoms with Gasteiger partial charge in [-0.25, -0.2) is 0 Å². The molecule has 0 spiro atoms. The molecular weight excluding hydrogens is 1010 g/mol. The molecule has 0 unspecified atom stereocenters. The standard InChI is InChI=1S/C78H48BN3O/c1-5-21-49(22-6-1)52-27-19-28-53(41-52)59-33-15-17-37-68(59)81-72-46-64-60-40-39-54(58-32-14-13-31-57(58)51-25-9-3-10-26-51)42-69(60)80(56-29-11-4-12-30-56)70(64)47-67(72)79-66-36-20-35-62-63-45-65-61-34-16-18-38-75(61)83-76(65)48-71(63)82(78(62)66)74-44-55(43-73(81)77(74)79)50-23-7-2-8-24-50/h1-48H. The maximum Gasteiger partial charge on any atom is 0.252 e. The molecule has 16 aromatic rings. The lowest BCUT2D eigenvalue weighted by Gasteiger charge is -2.41. The molecule has 0 atom stereocenters. The van der Waals surface area contributed by atoms with Gasteiger partial charge in [-0.1, -0.05) is 218 Å². The van der Waals surface area contributed by atoms with E-state index in [0.29, 0.717) is 0 Å². The number of hydrogen-bond acceptors (Lipinski definition) is 2. The Morgan fingerprint density at radius 2 is 0.843 bits per heavy atom. The van der Waals surface area contributed by atoms with E-state index in [1.165, 1.54) is 88.0 Å². The van der Waals surface area contributed by atoms with E-state index in [2.05, 4.69) is 305 Å². The van der Waals surface area contributed by atoms with Crippen LogP contribution in [0.2, 0.25) is 0 Å². The van der Waals surface area contributed by atoms with E-state index in [1.54, 1.807) is 0 Å². The van der Waals surface area contributed by atoms with Crippen LogP contribution in [0.1, 0.15) is 0 Å². The van der Waals surface area contributed by atoms with Crippen LogP contribution >= 0.6 is 0 Å². The molecule has 4 nitrogen and oxygen atoms in total. The Kier molecular flexibility index (Phi) is 9.86. The first-order valence-electron chi connectivity index (χ1n) is 28.7. The summed E-state index contributed by atoms with van der Waals surface area (Å²) in [4.78, 5) is 2.62. The second-order valence-corrected chi connectivity index (χ2v) is 22.3. The van der Waals surface area contributed by atoms with Crippen LogP contribution in [0.15, 0.2) is 296 Å². The lowest BCUT2D eigenvalue weighted by molar-refractivity contribution is 0.669. The molecule has 0 radical (unpaired) electrons. The zero-order chi connectivity index (χ0) is 54.3. The van der Waals surface area contributed by atoms with Gasteiger partial charge >= 0.3 is 0 Å². The molecule has 0 N–H and O–H groups in total. The molecule has 5 heteroatoms. The first-order chi connectivity index (χ1) is 41.2. The monoisotopic (exact) mass is 1050 g/mol. The maximum atomic E-state index is 6.72. The van der Waals surface area contributed by atoms with E-state index in [9.17, 15) is 0 Å². The number of nitrogens with zero attached hydrogens (tertiary/aromatic N) is 3. The van der Waals surface area contributed by atoms with Crippen LogP contribution in [0.25, 0.3) is 133 Å². The highest BCUT2D eigenvalue weighted by Gasteiger charge is 2.43. The van der Waals surface area contributed by atoms with Crippen LogP contribution in [-0.2, 0) is 0 Å². The molecule has 384 valence electrons. The Balaban J connectivity index is 0.974. The molecule has 0 amide bonds. The Labute approximate surface area is 479 Å². The Morgan fingerprint density at radius 3 is 1.64 bits per heavy atom. The van der Waals surface area contributed by atoms with Gasteiger partial charge in [-0.05, 0) is 133 Å². The van der Waals surface area contributed by atoms with Gasteiger partial charge in [0.05, 0.1) is 22.2 Å². The van der Waals surface area contributed by atoms with Gasteiger partial charge in [0.1, 0.15) is 11.2 Å². The fraction of sp³-hybridized carbons (Fsp3) is 0. The van der Waals surface area contributed by atoms with Gasteiger partial charge in [-0.3, -0.25) is 0 Å². The molecule has 0 bridgehead atoms. The van der Waals surface area contributed by atoms with Crippen LogP contribution in [0.4, 0.5) is 17.1 Å². The van der Waals surface area contributed by atoms with Crippen molar-refractivity contribution in [3.05, 3.63) is 291 Å². The van der Waals surface area contributed by atoms with E-state index in [1.807, 2.05) is 0 Å². The van der Waals surface area contributed by atoms with Gasteiger partial charge in [0.15, 0.2) is 0 Å². The summed E-state index contributed by atoms with van der Waals surface area (Å²) in [5.41, 5.74) is 27.8. The van der Waals surface area contributed by atoms with Crippen LogP contribution in [0, 0.1) is 0 Å². The van der Waals surface area contributed by atoms with Gasteiger partial charge in [-0.15, -0.1) is 0 Å². The third kappa shape index (κ3) is 6.83. The van der Waals surface area contributed by atoms with Crippen molar-refractivity contribution in [2.24, 2.45) is 0 Å². The number of fused-ring (bicyclic) bond motifs is 13. The Bertz CT molecular complexity index is 5330. The quantitative estimate of drug-likeness (QED) is 0.149. The molecule has 0 aliphatic carbocycles. The number of furan rings is 1. The minimum absolute atomic E-state index is 0.131. The molecule has 3 aromatic heterocycles. The van der Waals surface area contributed by atoms with E-state index in [4.69, 9.17) is 4.42 Å². The highest BCUT2D eigenvalue weighted by atomic mass is 16.3. The van der Waals surface area contributed by atoms with Crippen LogP contribution in [0.5, 0.6) is 0 Å². The molecule has 0 fully saturated rings. The lowest BCUT2D eigenvalue weighted by atomic mass is 9.33. The van der Waals surface area contributed by atoms with Crippen LogP contribution < -0.4 is 21.3 Å². The summed E-state index contributed by atoms with van der Waals surface area (Å²) >= 11 is 0. The summed E-state index contributed by atoms with van der Waals surface area (Å²) in [7, 11) is 0. The van der Waals surface area contributed by atoms with Gasteiger partial charge in [0, 0.05) is 72.2 Å². The lowest BCUT2D eigenvalue weighted by Crippen LogP contribution is -2.60. The number of aromatic nitrogens is 2. The zero-order valence-electron chi connectivity index (χ0n) is 45.0. The summed E-state index contributed by atoms with van der Waals surface area (Å²) in [6, 6.07) is 108. The van der Waals surface area contributed by atoms with Crippen molar-refractivity contribution in [3.63, 3.8) is 0 Å². The van der Waals surface area contributed by atoms with E-state index < -0.39 is 0 Å². The predicted octanol–water partition coefficient (Wildman–Crippen LogP) is 18.7. The van der Waals surface area contributed by atoms with Crippen LogP contribution in [0.3, 0.4) is 0 Å². The van der Waals surface area contributed by atoms with Crippen LogP contribution in [-0.4, -0.2) is 15.8 Å². The van der Waals surface area contributed by atoms with Crippen molar-refractivity contribution in [1.29, 1.82) is 0 Å². The second kappa shape index (κ2) is 17.8. The average molecular weight is 1050 g/mol. The third-order valence-corrected chi connectivity index (χ3v) is 17.9. The van der Waals surface area contributed by atoms with Gasteiger partial charge in [-0.2, -0.15) is 0 Å². The predicted molar refractivity (Wildman–Crippen MR) is 349 cm³/mol.